The third kappa shape index (κ3) is 3.55. The van der Waals surface area contributed by atoms with Gasteiger partial charge in [-0.25, -0.2) is 9.48 Å². The molecule has 4 rings (SSSR count). The lowest BCUT2D eigenvalue weighted by molar-refractivity contribution is -0.133. The van der Waals surface area contributed by atoms with Gasteiger partial charge in [-0.05, 0) is 30.2 Å². The Bertz CT molecular complexity index is 1070. The van der Waals surface area contributed by atoms with Gasteiger partial charge in [0.25, 0.3) is 0 Å². The van der Waals surface area contributed by atoms with Gasteiger partial charge in [0, 0.05) is 19.6 Å². The fraction of sp³-hybridized carbons (Fsp3) is 0.318. The summed E-state index contributed by atoms with van der Waals surface area (Å²) >= 11 is 0. The molecule has 1 unspecified atom stereocenters. The Kier molecular flexibility index (Phi) is 5.20. The number of methoxy groups -OCH3 is 1. The lowest BCUT2D eigenvalue weighted by Gasteiger charge is -2.35. The first kappa shape index (κ1) is 19.0. The Morgan fingerprint density at radius 1 is 1.14 bits per heavy atom. The van der Waals surface area contributed by atoms with E-state index in [2.05, 4.69) is 5.10 Å². The molecule has 1 amide bonds. The van der Waals surface area contributed by atoms with Crippen LogP contribution >= 0.6 is 0 Å². The Morgan fingerprint density at radius 2 is 1.93 bits per heavy atom. The summed E-state index contributed by atoms with van der Waals surface area (Å²) in [4.78, 5) is 27.7. The molecule has 29 heavy (non-hydrogen) atoms. The second kappa shape index (κ2) is 7.95. The van der Waals surface area contributed by atoms with Crippen LogP contribution in [0.25, 0.3) is 0 Å². The van der Waals surface area contributed by atoms with Crippen molar-refractivity contribution in [1.29, 1.82) is 0 Å². The predicted molar refractivity (Wildman–Crippen MR) is 109 cm³/mol. The number of carbonyl (C=O) groups excluding carboxylic acids is 1. The van der Waals surface area contributed by atoms with Gasteiger partial charge in [-0.15, -0.1) is 0 Å². The maximum absolute atomic E-state index is 13.3. The molecule has 0 saturated heterocycles. The van der Waals surface area contributed by atoms with Crippen molar-refractivity contribution in [3.05, 3.63) is 82.0 Å². The largest absolute Gasteiger partial charge is 0.497 e. The highest BCUT2D eigenvalue weighted by Gasteiger charge is 2.35. The summed E-state index contributed by atoms with van der Waals surface area (Å²) < 4.78 is 8.42. The highest BCUT2D eigenvalue weighted by Crippen LogP contribution is 2.30. The number of carbonyl (C=O) groups is 1. The van der Waals surface area contributed by atoms with Gasteiger partial charge in [0.1, 0.15) is 11.8 Å². The number of rotatable bonds is 5. The van der Waals surface area contributed by atoms with Crippen LogP contribution in [-0.4, -0.2) is 38.8 Å². The molecule has 150 valence electrons. The van der Waals surface area contributed by atoms with Crippen molar-refractivity contribution < 1.29 is 9.53 Å². The zero-order valence-corrected chi connectivity index (χ0v) is 16.6. The third-order valence-corrected chi connectivity index (χ3v) is 5.30. The zero-order valence-electron chi connectivity index (χ0n) is 16.6. The standard InChI is InChI=1S/C22H24N4O3/c1-3-26-22(28)25-13-12-24(19(27)15-16-8-7-11-18(14-16)29-2)20(21(25)23-26)17-9-5-4-6-10-17/h4-11,14,20H,3,12-13,15H2,1-2H3. The number of ether oxygens (including phenoxy) is 1. The molecule has 7 nitrogen and oxygen atoms in total. The summed E-state index contributed by atoms with van der Waals surface area (Å²) in [5.74, 6) is 1.34. The maximum Gasteiger partial charge on any atom is 0.346 e. The van der Waals surface area contributed by atoms with E-state index < -0.39 is 0 Å². The van der Waals surface area contributed by atoms with Crippen LogP contribution in [0.5, 0.6) is 5.75 Å². The summed E-state index contributed by atoms with van der Waals surface area (Å²) in [7, 11) is 1.61. The average molecular weight is 392 g/mol. The van der Waals surface area contributed by atoms with E-state index in [4.69, 9.17) is 4.74 Å². The van der Waals surface area contributed by atoms with Gasteiger partial charge in [-0.1, -0.05) is 42.5 Å². The van der Waals surface area contributed by atoms with E-state index in [1.165, 1.54) is 4.68 Å². The van der Waals surface area contributed by atoms with Gasteiger partial charge in [-0.2, -0.15) is 5.10 Å². The predicted octanol–water partition coefficient (Wildman–Crippen LogP) is 2.25. The fourth-order valence-corrected chi connectivity index (χ4v) is 3.84. The van der Waals surface area contributed by atoms with E-state index in [-0.39, 0.29) is 24.1 Å². The van der Waals surface area contributed by atoms with Gasteiger partial charge < -0.3 is 9.64 Å². The number of fused-ring (bicyclic) bond motifs is 1. The normalized spacial score (nSPS) is 15.8. The van der Waals surface area contributed by atoms with Gasteiger partial charge in [0.15, 0.2) is 5.82 Å². The van der Waals surface area contributed by atoms with Crippen molar-refractivity contribution in [3.63, 3.8) is 0 Å². The Labute approximate surface area is 169 Å². The van der Waals surface area contributed by atoms with Crippen LogP contribution in [0.2, 0.25) is 0 Å². The van der Waals surface area contributed by atoms with Crippen LogP contribution in [0.1, 0.15) is 29.9 Å². The molecule has 1 aliphatic rings. The molecule has 3 aromatic rings. The Morgan fingerprint density at radius 3 is 2.66 bits per heavy atom. The number of hydrogen-bond donors (Lipinski definition) is 0. The number of aromatic nitrogens is 3. The molecule has 0 radical (unpaired) electrons. The molecule has 1 aliphatic heterocycles. The van der Waals surface area contributed by atoms with Crippen molar-refractivity contribution in [2.45, 2.75) is 32.5 Å². The molecule has 1 atom stereocenters. The van der Waals surface area contributed by atoms with Crippen LogP contribution < -0.4 is 10.4 Å². The molecule has 1 aromatic heterocycles. The lowest BCUT2D eigenvalue weighted by atomic mass is 10.0. The Hall–Kier alpha value is -3.35. The van der Waals surface area contributed by atoms with Crippen LogP contribution in [-0.2, 0) is 24.3 Å². The minimum atomic E-state index is -0.386. The molecule has 0 saturated carbocycles. The van der Waals surface area contributed by atoms with E-state index in [1.54, 1.807) is 11.7 Å². The molecule has 0 aliphatic carbocycles. The minimum Gasteiger partial charge on any atom is -0.497 e. The number of amides is 1. The molecule has 0 fully saturated rings. The molecule has 2 aromatic carbocycles. The van der Waals surface area contributed by atoms with E-state index in [9.17, 15) is 9.59 Å². The maximum atomic E-state index is 13.3. The molecule has 2 heterocycles. The van der Waals surface area contributed by atoms with Crippen molar-refractivity contribution in [3.8, 4) is 5.75 Å². The summed E-state index contributed by atoms with van der Waals surface area (Å²) in [5.41, 5.74) is 1.72. The van der Waals surface area contributed by atoms with Gasteiger partial charge >= 0.3 is 5.69 Å². The topological polar surface area (TPSA) is 69.4 Å². The van der Waals surface area contributed by atoms with Crippen molar-refractivity contribution in [2.24, 2.45) is 0 Å². The third-order valence-electron chi connectivity index (χ3n) is 5.30. The second-order valence-corrected chi connectivity index (χ2v) is 7.04. The van der Waals surface area contributed by atoms with E-state index in [0.717, 1.165) is 16.9 Å². The van der Waals surface area contributed by atoms with Crippen LogP contribution in [0, 0.1) is 0 Å². The summed E-state index contributed by atoms with van der Waals surface area (Å²) in [6.45, 7) is 3.30. The number of hydrogen-bond acceptors (Lipinski definition) is 4. The van der Waals surface area contributed by atoms with Crippen LogP contribution in [0.4, 0.5) is 0 Å². The minimum absolute atomic E-state index is 0.00291. The molecular formula is C22H24N4O3. The first-order chi connectivity index (χ1) is 14.1. The molecule has 0 N–H and O–H groups in total. The van der Waals surface area contributed by atoms with Gasteiger partial charge in [-0.3, -0.25) is 9.36 Å². The summed E-state index contributed by atoms with van der Waals surface area (Å²) in [6, 6.07) is 16.9. The fourth-order valence-electron chi connectivity index (χ4n) is 3.84. The zero-order chi connectivity index (χ0) is 20.4. The van der Waals surface area contributed by atoms with Crippen molar-refractivity contribution >= 4 is 5.91 Å². The monoisotopic (exact) mass is 392 g/mol. The Balaban J connectivity index is 1.71. The molecule has 0 bridgehead atoms. The second-order valence-electron chi connectivity index (χ2n) is 7.04. The summed E-state index contributed by atoms with van der Waals surface area (Å²) in [6.07, 6.45) is 0.263. The van der Waals surface area contributed by atoms with Gasteiger partial charge in [0.05, 0.1) is 13.5 Å². The quantitative estimate of drug-likeness (QED) is 0.668. The smallest absolute Gasteiger partial charge is 0.346 e. The molecular weight excluding hydrogens is 368 g/mol. The summed E-state index contributed by atoms with van der Waals surface area (Å²) in [5, 5.41) is 4.55. The number of nitrogens with zero attached hydrogens (tertiary/aromatic N) is 4. The highest BCUT2D eigenvalue weighted by molar-refractivity contribution is 5.80. The number of aryl methyl sites for hydroxylation is 1. The molecule has 7 heteroatoms. The highest BCUT2D eigenvalue weighted by atomic mass is 16.5. The van der Waals surface area contributed by atoms with Crippen molar-refractivity contribution in [1.82, 2.24) is 19.2 Å². The van der Waals surface area contributed by atoms with E-state index >= 15 is 0 Å². The molecule has 0 spiro atoms. The van der Waals surface area contributed by atoms with Crippen LogP contribution in [0.15, 0.2) is 59.4 Å². The SMILES string of the molecule is CCn1nc2n(c1=O)CCN(C(=O)Cc1cccc(OC)c1)C2c1ccccc1. The van der Waals surface area contributed by atoms with Crippen molar-refractivity contribution in [2.75, 3.05) is 13.7 Å². The van der Waals surface area contributed by atoms with E-state index in [1.807, 2.05) is 66.4 Å². The van der Waals surface area contributed by atoms with E-state index in [0.29, 0.717) is 25.5 Å². The number of benzene rings is 2. The lowest BCUT2D eigenvalue weighted by Crippen LogP contribution is -2.45. The average Bonchev–Trinajstić information content (AvgIpc) is 3.09. The first-order valence-corrected chi connectivity index (χ1v) is 9.77. The first-order valence-electron chi connectivity index (χ1n) is 9.77. The van der Waals surface area contributed by atoms with Crippen LogP contribution in [0.3, 0.4) is 0 Å². The van der Waals surface area contributed by atoms with Gasteiger partial charge in [0.2, 0.25) is 5.91 Å².